The number of fused-ring (bicyclic) bond motifs is 2. The first-order chi connectivity index (χ1) is 13.5. The zero-order chi connectivity index (χ0) is 21.2. The van der Waals surface area contributed by atoms with Crippen LogP contribution in [0.3, 0.4) is 0 Å². The summed E-state index contributed by atoms with van der Waals surface area (Å²) in [5.41, 5.74) is 5.53. The van der Waals surface area contributed by atoms with E-state index < -0.39 is 11.4 Å². The van der Waals surface area contributed by atoms with E-state index in [4.69, 9.17) is 4.74 Å². The summed E-state index contributed by atoms with van der Waals surface area (Å²) >= 11 is 0. The van der Waals surface area contributed by atoms with E-state index in [0.29, 0.717) is 6.61 Å². The van der Waals surface area contributed by atoms with Crippen LogP contribution in [0.2, 0.25) is 0 Å². The van der Waals surface area contributed by atoms with Crippen molar-refractivity contribution in [3.05, 3.63) is 76.4 Å². The summed E-state index contributed by atoms with van der Waals surface area (Å²) in [5.74, 6) is -0.459. The molecule has 29 heavy (non-hydrogen) atoms. The van der Waals surface area contributed by atoms with Gasteiger partial charge in [0, 0.05) is 5.56 Å². The molecule has 4 rings (SSSR count). The summed E-state index contributed by atoms with van der Waals surface area (Å²) in [7, 11) is 0. The summed E-state index contributed by atoms with van der Waals surface area (Å²) in [4.78, 5) is 11.5. The molecule has 0 radical (unpaired) electrons. The lowest BCUT2D eigenvalue weighted by Crippen LogP contribution is -2.36. The minimum Gasteiger partial charge on any atom is -0.545 e. The molecule has 3 heteroatoms. The van der Waals surface area contributed by atoms with E-state index in [9.17, 15) is 9.90 Å². The molecular formula is C26H29O3-. The molecular weight excluding hydrogens is 360 g/mol. The molecule has 2 aromatic rings. The second-order valence-electron chi connectivity index (χ2n) is 10.0. The molecule has 2 aromatic carbocycles. The number of ether oxygens (including phenoxy) is 1. The quantitative estimate of drug-likeness (QED) is 0.718. The van der Waals surface area contributed by atoms with Gasteiger partial charge in [-0.15, -0.1) is 0 Å². The first kappa shape index (κ1) is 19.8. The van der Waals surface area contributed by atoms with Crippen LogP contribution < -0.4 is 9.84 Å². The lowest BCUT2D eigenvalue weighted by molar-refractivity contribution is -0.255. The summed E-state index contributed by atoms with van der Waals surface area (Å²) in [6, 6.07) is 11.7. The molecule has 3 nitrogen and oxygen atoms in total. The number of hydrogen-bond donors (Lipinski definition) is 0. The van der Waals surface area contributed by atoms with Gasteiger partial charge in [-0.05, 0) is 71.0 Å². The Hall–Kier alpha value is -2.55. The Morgan fingerprint density at radius 3 is 2.24 bits per heavy atom. The van der Waals surface area contributed by atoms with Crippen LogP contribution in [-0.4, -0.2) is 12.6 Å². The van der Waals surface area contributed by atoms with Crippen LogP contribution in [0.4, 0.5) is 0 Å². The summed E-state index contributed by atoms with van der Waals surface area (Å²) in [6.45, 7) is 16.0. The Morgan fingerprint density at radius 2 is 1.62 bits per heavy atom. The smallest absolute Gasteiger partial charge is 0.123 e. The second kappa shape index (κ2) is 6.22. The first-order valence-corrected chi connectivity index (χ1v) is 10.3. The topological polar surface area (TPSA) is 49.4 Å². The van der Waals surface area contributed by atoms with E-state index in [1.54, 1.807) is 18.2 Å². The zero-order valence-electron chi connectivity index (χ0n) is 18.0. The SMILES string of the molecule is C=C(C)C1(c2ccc3c(c2)C(C)(C)CCC3(C)C)COc2ccc(C(=O)[O-])cc21. The molecule has 1 heterocycles. The molecule has 0 saturated heterocycles. The third-order valence-corrected chi connectivity index (χ3v) is 7.19. The molecule has 0 bridgehead atoms. The highest BCUT2D eigenvalue weighted by atomic mass is 16.5. The number of aromatic carboxylic acids is 1. The zero-order valence-corrected chi connectivity index (χ0v) is 18.0. The third kappa shape index (κ3) is 2.82. The van der Waals surface area contributed by atoms with Crippen molar-refractivity contribution < 1.29 is 14.6 Å². The molecule has 0 N–H and O–H groups in total. The van der Waals surface area contributed by atoms with E-state index in [2.05, 4.69) is 52.5 Å². The maximum atomic E-state index is 11.5. The van der Waals surface area contributed by atoms with Crippen molar-refractivity contribution in [2.24, 2.45) is 0 Å². The minimum atomic E-state index is -1.18. The Labute approximate surface area is 173 Å². The normalized spacial score (nSPS) is 23.6. The van der Waals surface area contributed by atoms with Gasteiger partial charge in [0.15, 0.2) is 0 Å². The van der Waals surface area contributed by atoms with Gasteiger partial charge in [-0.3, -0.25) is 0 Å². The van der Waals surface area contributed by atoms with Gasteiger partial charge in [0.2, 0.25) is 0 Å². The number of carbonyl (C=O) groups excluding carboxylic acids is 1. The Balaban J connectivity index is 1.96. The number of carboxylic acids is 1. The average molecular weight is 390 g/mol. The van der Waals surface area contributed by atoms with E-state index in [-0.39, 0.29) is 16.4 Å². The molecule has 1 aliphatic carbocycles. The lowest BCUT2D eigenvalue weighted by Gasteiger charge is -2.43. The van der Waals surface area contributed by atoms with Crippen LogP contribution in [0.5, 0.6) is 5.75 Å². The summed E-state index contributed by atoms with van der Waals surface area (Å²) in [5, 5.41) is 11.5. The highest BCUT2D eigenvalue weighted by Gasteiger charge is 2.45. The average Bonchev–Trinajstić information content (AvgIpc) is 3.05. The van der Waals surface area contributed by atoms with Crippen LogP contribution in [-0.2, 0) is 16.2 Å². The number of benzene rings is 2. The van der Waals surface area contributed by atoms with E-state index >= 15 is 0 Å². The van der Waals surface area contributed by atoms with Crippen molar-refractivity contribution in [1.29, 1.82) is 0 Å². The molecule has 152 valence electrons. The number of rotatable bonds is 3. The predicted molar refractivity (Wildman–Crippen MR) is 114 cm³/mol. The predicted octanol–water partition coefficient (Wildman–Crippen LogP) is 4.65. The first-order valence-electron chi connectivity index (χ1n) is 10.3. The maximum Gasteiger partial charge on any atom is 0.123 e. The van der Waals surface area contributed by atoms with Gasteiger partial charge in [-0.1, -0.05) is 58.0 Å². The fourth-order valence-corrected chi connectivity index (χ4v) is 5.07. The molecule has 2 aliphatic rings. The van der Waals surface area contributed by atoms with Crippen molar-refractivity contribution in [2.75, 3.05) is 6.61 Å². The van der Waals surface area contributed by atoms with Gasteiger partial charge in [-0.25, -0.2) is 0 Å². The Kier molecular flexibility index (Phi) is 4.24. The highest BCUT2D eigenvalue weighted by molar-refractivity contribution is 5.86. The molecule has 0 aromatic heterocycles. The molecule has 0 spiro atoms. The standard InChI is InChI=1S/C26H30O3/c1-16(2)26(15-29-22-10-7-17(23(27)28)13-21(22)26)18-8-9-19-20(14-18)25(5,6)12-11-24(19,3)4/h7-10,13-14H,1,11-12,15H2,2-6H3,(H,27,28)/p-1. The molecule has 0 saturated carbocycles. The van der Waals surface area contributed by atoms with E-state index in [1.807, 2.05) is 6.92 Å². The molecule has 1 unspecified atom stereocenters. The van der Waals surface area contributed by atoms with Crippen molar-refractivity contribution in [3.63, 3.8) is 0 Å². The highest BCUT2D eigenvalue weighted by Crippen LogP contribution is 2.51. The van der Waals surface area contributed by atoms with Crippen LogP contribution in [0.15, 0.2) is 48.6 Å². The monoisotopic (exact) mass is 389 g/mol. The molecule has 1 aliphatic heterocycles. The van der Waals surface area contributed by atoms with Crippen molar-refractivity contribution in [3.8, 4) is 5.75 Å². The van der Waals surface area contributed by atoms with Gasteiger partial charge in [0.1, 0.15) is 12.4 Å². The lowest BCUT2D eigenvalue weighted by atomic mass is 9.61. The number of hydrogen-bond acceptors (Lipinski definition) is 3. The molecule has 0 amide bonds. The van der Waals surface area contributed by atoms with Gasteiger partial charge in [0.25, 0.3) is 0 Å². The van der Waals surface area contributed by atoms with Crippen molar-refractivity contribution in [1.82, 2.24) is 0 Å². The van der Waals surface area contributed by atoms with E-state index in [0.717, 1.165) is 28.9 Å². The summed E-state index contributed by atoms with van der Waals surface area (Å²) < 4.78 is 6.03. The molecule has 1 atom stereocenters. The second-order valence-corrected chi connectivity index (χ2v) is 10.0. The van der Waals surface area contributed by atoms with Crippen LogP contribution in [0.1, 0.15) is 80.1 Å². The number of carbonyl (C=O) groups is 1. The number of carboxylic acid groups (broad SMARTS) is 1. The van der Waals surface area contributed by atoms with Gasteiger partial charge < -0.3 is 14.6 Å². The van der Waals surface area contributed by atoms with Gasteiger partial charge in [-0.2, -0.15) is 0 Å². The third-order valence-electron chi connectivity index (χ3n) is 7.19. The van der Waals surface area contributed by atoms with Gasteiger partial charge >= 0.3 is 0 Å². The van der Waals surface area contributed by atoms with Crippen molar-refractivity contribution in [2.45, 2.75) is 63.7 Å². The van der Waals surface area contributed by atoms with E-state index in [1.165, 1.54) is 17.5 Å². The van der Waals surface area contributed by atoms with Crippen LogP contribution in [0, 0.1) is 0 Å². The maximum absolute atomic E-state index is 11.5. The van der Waals surface area contributed by atoms with Crippen LogP contribution in [0.25, 0.3) is 0 Å². The largest absolute Gasteiger partial charge is 0.545 e. The molecule has 0 fully saturated rings. The van der Waals surface area contributed by atoms with Gasteiger partial charge in [0.05, 0.1) is 11.4 Å². The minimum absolute atomic E-state index is 0.0895. The van der Waals surface area contributed by atoms with Crippen molar-refractivity contribution >= 4 is 5.97 Å². The fourth-order valence-electron chi connectivity index (χ4n) is 5.07. The fraction of sp³-hybridized carbons (Fsp3) is 0.423. The summed E-state index contributed by atoms with van der Waals surface area (Å²) in [6.07, 6.45) is 2.30. The Bertz CT molecular complexity index is 1030. The van der Waals surface area contributed by atoms with Crippen LogP contribution >= 0.6 is 0 Å². The Morgan fingerprint density at radius 1 is 0.966 bits per heavy atom.